The molecule has 6 nitrogen and oxygen atoms in total. The average Bonchev–Trinajstić information content (AvgIpc) is 2.97. The minimum atomic E-state index is 0.585. The number of nitrogens with zero attached hydrogens (tertiary/aromatic N) is 5. The summed E-state index contributed by atoms with van der Waals surface area (Å²) in [7, 11) is 1.82. The summed E-state index contributed by atoms with van der Waals surface area (Å²) >= 11 is 0. The standard InChI is InChI=1S/C13H14N6/c1-9-11(13-15-8-18(2)17-13)16-19(12(9)14)10-6-4-3-5-7-10/h3-8H,14H2,1-2H3. The van der Waals surface area contributed by atoms with Gasteiger partial charge in [0.05, 0.1) is 5.69 Å². The van der Waals surface area contributed by atoms with Gasteiger partial charge < -0.3 is 5.73 Å². The van der Waals surface area contributed by atoms with Gasteiger partial charge in [-0.3, -0.25) is 4.68 Å². The Morgan fingerprint density at radius 1 is 1.11 bits per heavy atom. The summed E-state index contributed by atoms with van der Waals surface area (Å²) in [5.41, 5.74) is 8.63. The molecule has 0 aliphatic rings. The maximum atomic E-state index is 6.12. The second-order valence-corrected chi connectivity index (χ2v) is 4.35. The summed E-state index contributed by atoms with van der Waals surface area (Å²) in [6.45, 7) is 1.92. The van der Waals surface area contributed by atoms with Crippen molar-refractivity contribution in [3.05, 3.63) is 42.2 Å². The van der Waals surface area contributed by atoms with Gasteiger partial charge in [0.1, 0.15) is 17.8 Å². The molecule has 0 saturated heterocycles. The van der Waals surface area contributed by atoms with E-state index in [-0.39, 0.29) is 0 Å². The number of benzene rings is 1. The van der Waals surface area contributed by atoms with Crippen LogP contribution in [0.3, 0.4) is 0 Å². The molecule has 1 aromatic carbocycles. The first-order chi connectivity index (χ1) is 9.16. The third-order valence-electron chi connectivity index (χ3n) is 2.98. The number of nitrogens with two attached hydrogens (primary N) is 1. The molecule has 0 radical (unpaired) electrons. The van der Waals surface area contributed by atoms with Crippen molar-refractivity contribution in [3.63, 3.8) is 0 Å². The lowest BCUT2D eigenvalue weighted by atomic mass is 10.2. The fraction of sp³-hybridized carbons (Fsp3) is 0.154. The zero-order valence-electron chi connectivity index (χ0n) is 10.8. The molecule has 6 heteroatoms. The van der Waals surface area contributed by atoms with E-state index in [0.29, 0.717) is 17.3 Å². The van der Waals surface area contributed by atoms with Gasteiger partial charge in [0.2, 0.25) is 5.82 Å². The number of nitrogen functional groups attached to an aromatic ring is 1. The van der Waals surface area contributed by atoms with Gasteiger partial charge in [-0.05, 0) is 19.1 Å². The topological polar surface area (TPSA) is 74.5 Å². The molecule has 0 bridgehead atoms. The Bertz CT molecular complexity index is 710. The van der Waals surface area contributed by atoms with Crippen LogP contribution in [0.25, 0.3) is 17.2 Å². The van der Waals surface area contributed by atoms with Crippen LogP contribution in [-0.4, -0.2) is 24.5 Å². The molecule has 0 saturated carbocycles. The van der Waals surface area contributed by atoms with Gasteiger partial charge in [0.15, 0.2) is 0 Å². The van der Waals surface area contributed by atoms with E-state index < -0.39 is 0 Å². The van der Waals surface area contributed by atoms with Gasteiger partial charge in [-0.15, -0.1) is 5.10 Å². The van der Waals surface area contributed by atoms with E-state index in [1.54, 1.807) is 15.7 Å². The summed E-state index contributed by atoms with van der Waals surface area (Å²) in [6, 6.07) is 9.77. The predicted octanol–water partition coefficient (Wildman–Crippen LogP) is 1.56. The fourth-order valence-corrected chi connectivity index (χ4v) is 1.94. The van der Waals surface area contributed by atoms with Gasteiger partial charge in [-0.2, -0.15) is 5.10 Å². The minimum Gasteiger partial charge on any atom is -0.383 e. The number of aryl methyl sites for hydroxylation is 1. The Balaban J connectivity index is 2.15. The quantitative estimate of drug-likeness (QED) is 0.753. The van der Waals surface area contributed by atoms with Crippen molar-refractivity contribution in [2.45, 2.75) is 6.92 Å². The van der Waals surface area contributed by atoms with Crippen molar-refractivity contribution in [1.29, 1.82) is 0 Å². The lowest BCUT2D eigenvalue weighted by molar-refractivity contribution is 0.766. The summed E-state index contributed by atoms with van der Waals surface area (Å²) in [6.07, 6.45) is 1.65. The number of hydrogen-bond acceptors (Lipinski definition) is 4. The van der Waals surface area contributed by atoms with Gasteiger partial charge >= 0.3 is 0 Å². The molecule has 2 N–H and O–H groups in total. The molecule has 0 spiro atoms. The zero-order valence-corrected chi connectivity index (χ0v) is 10.8. The minimum absolute atomic E-state index is 0.585. The summed E-state index contributed by atoms with van der Waals surface area (Å²) in [4.78, 5) is 4.22. The third kappa shape index (κ3) is 1.87. The van der Waals surface area contributed by atoms with E-state index in [9.17, 15) is 0 Å². The van der Waals surface area contributed by atoms with Gasteiger partial charge in [0.25, 0.3) is 0 Å². The molecule has 0 aliphatic heterocycles. The number of para-hydroxylation sites is 1. The smallest absolute Gasteiger partial charge is 0.201 e. The molecule has 3 rings (SSSR count). The molecular formula is C13H14N6. The lowest BCUT2D eigenvalue weighted by Gasteiger charge is -2.02. The molecule has 0 amide bonds. The van der Waals surface area contributed by atoms with Crippen molar-refractivity contribution in [3.8, 4) is 17.2 Å². The first-order valence-electron chi connectivity index (χ1n) is 5.93. The fourth-order valence-electron chi connectivity index (χ4n) is 1.94. The Labute approximate surface area is 110 Å². The summed E-state index contributed by atoms with van der Waals surface area (Å²) in [5.74, 6) is 1.19. The number of rotatable bonds is 2. The summed E-state index contributed by atoms with van der Waals surface area (Å²) in [5, 5.41) is 8.78. The highest BCUT2D eigenvalue weighted by Crippen LogP contribution is 2.25. The van der Waals surface area contributed by atoms with Crippen LogP contribution in [0, 0.1) is 6.92 Å². The van der Waals surface area contributed by atoms with E-state index in [1.165, 1.54) is 0 Å². The summed E-state index contributed by atoms with van der Waals surface area (Å²) < 4.78 is 3.35. The van der Waals surface area contributed by atoms with Crippen molar-refractivity contribution >= 4 is 5.82 Å². The lowest BCUT2D eigenvalue weighted by Crippen LogP contribution is -2.01. The first kappa shape index (κ1) is 11.5. The van der Waals surface area contributed by atoms with Gasteiger partial charge in [-0.1, -0.05) is 18.2 Å². The van der Waals surface area contributed by atoms with Crippen LogP contribution in [0.2, 0.25) is 0 Å². The van der Waals surface area contributed by atoms with E-state index in [2.05, 4.69) is 15.2 Å². The molecule has 96 valence electrons. The van der Waals surface area contributed by atoms with Crippen LogP contribution in [-0.2, 0) is 7.05 Å². The molecule has 0 unspecified atom stereocenters. The number of aromatic nitrogens is 5. The van der Waals surface area contributed by atoms with Crippen LogP contribution in [0.5, 0.6) is 0 Å². The van der Waals surface area contributed by atoms with E-state index in [1.807, 2.05) is 44.3 Å². The Morgan fingerprint density at radius 2 is 1.84 bits per heavy atom. The molecule has 19 heavy (non-hydrogen) atoms. The monoisotopic (exact) mass is 254 g/mol. The molecule has 3 aromatic rings. The second kappa shape index (κ2) is 4.24. The Kier molecular flexibility index (Phi) is 2.56. The van der Waals surface area contributed by atoms with E-state index >= 15 is 0 Å². The molecule has 0 aliphatic carbocycles. The molecular weight excluding hydrogens is 240 g/mol. The molecule has 2 aromatic heterocycles. The maximum absolute atomic E-state index is 6.12. The van der Waals surface area contributed by atoms with Crippen molar-refractivity contribution in [1.82, 2.24) is 24.5 Å². The van der Waals surface area contributed by atoms with Crippen molar-refractivity contribution in [2.24, 2.45) is 7.05 Å². The van der Waals surface area contributed by atoms with E-state index in [0.717, 1.165) is 11.3 Å². The highest BCUT2D eigenvalue weighted by molar-refractivity contribution is 5.63. The van der Waals surface area contributed by atoms with Crippen molar-refractivity contribution in [2.75, 3.05) is 5.73 Å². The normalized spacial score (nSPS) is 10.8. The first-order valence-corrected chi connectivity index (χ1v) is 5.93. The largest absolute Gasteiger partial charge is 0.383 e. The Morgan fingerprint density at radius 3 is 2.47 bits per heavy atom. The Hall–Kier alpha value is -2.63. The SMILES string of the molecule is Cc1c(-c2ncn(C)n2)nn(-c2ccccc2)c1N. The second-order valence-electron chi connectivity index (χ2n) is 4.35. The average molecular weight is 254 g/mol. The zero-order chi connectivity index (χ0) is 13.4. The van der Waals surface area contributed by atoms with Gasteiger partial charge in [-0.25, -0.2) is 9.67 Å². The molecule has 0 fully saturated rings. The maximum Gasteiger partial charge on any atom is 0.201 e. The van der Waals surface area contributed by atoms with Gasteiger partial charge in [0, 0.05) is 12.6 Å². The predicted molar refractivity (Wildman–Crippen MR) is 72.7 cm³/mol. The molecule has 2 heterocycles. The molecule has 0 atom stereocenters. The van der Waals surface area contributed by atoms with Crippen LogP contribution in [0.15, 0.2) is 36.7 Å². The van der Waals surface area contributed by atoms with Crippen LogP contribution < -0.4 is 5.73 Å². The van der Waals surface area contributed by atoms with E-state index in [4.69, 9.17) is 5.73 Å². The van der Waals surface area contributed by atoms with Crippen LogP contribution in [0.4, 0.5) is 5.82 Å². The third-order valence-corrected chi connectivity index (χ3v) is 2.98. The van der Waals surface area contributed by atoms with Crippen LogP contribution >= 0.6 is 0 Å². The number of anilines is 1. The van der Waals surface area contributed by atoms with Crippen LogP contribution in [0.1, 0.15) is 5.56 Å². The highest BCUT2D eigenvalue weighted by atomic mass is 15.4. The number of hydrogen-bond donors (Lipinski definition) is 1. The highest BCUT2D eigenvalue weighted by Gasteiger charge is 2.17. The van der Waals surface area contributed by atoms with Crippen molar-refractivity contribution < 1.29 is 0 Å².